The van der Waals surface area contributed by atoms with Gasteiger partial charge in [-0.25, -0.2) is 4.79 Å². The summed E-state index contributed by atoms with van der Waals surface area (Å²) in [6.45, 7) is 3.60. The van der Waals surface area contributed by atoms with E-state index in [1.807, 2.05) is 37.3 Å². The Hall–Kier alpha value is -2.31. The maximum absolute atomic E-state index is 12.9. The normalized spacial score (nSPS) is 16.8. The first-order chi connectivity index (χ1) is 12.3. The molecule has 0 fully saturated rings. The lowest BCUT2D eigenvalue weighted by atomic mass is 9.95. The molecule has 3 rings (SSSR count). The Morgan fingerprint density at radius 3 is 2.50 bits per heavy atom. The Morgan fingerprint density at radius 1 is 1.15 bits per heavy atom. The summed E-state index contributed by atoms with van der Waals surface area (Å²) in [4.78, 5) is 24.8. The lowest BCUT2D eigenvalue weighted by Crippen LogP contribution is -2.45. The van der Waals surface area contributed by atoms with Crippen molar-refractivity contribution in [2.24, 2.45) is 0 Å². The number of anilines is 1. The number of rotatable bonds is 3. The number of amides is 3. The van der Waals surface area contributed by atoms with Crippen LogP contribution in [0.3, 0.4) is 0 Å². The van der Waals surface area contributed by atoms with Crippen molar-refractivity contribution in [2.45, 2.75) is 19.9 Å². The van der Waals surface area contributed by atoms with Crippen molar-refractivity contribution >= 4 is 45.2 Å². The summed E-state index contributed by atoms with van der Waals surface area (Å²) in [7, 11) is 0. The Morgan fingerprint density at radius 2 is 1.85 bits per heavy atom. The Labute approximate surface area is 164 Å². The van der Waals surface area contributed by atoms with Crippen molar-refractivity contribution in [2.75, 3.05) is 5.32 Å². The summed E-state index contributed by atoms with van der Waals surface area (Å²) in [6, 6.07) is 11.9. The monoisotopic (exact) mass is 433 g/mol. The maximum atomic E-state index is 12.9. The first-order valence-electron chi connectivity index (χ1n) is 7.96. The SMILES string of the molecule is CC1=C(C(=O)Nc2ccc(C)c(Cl)c2)[C@@H](c2ccc(Br)cc2)NC(=O)N1. The van der Waals surface area contributed by atoms with E-state index in [2.05, 4.69) is 31.9 Å². The average molecular weight is 435 g/mol. The highest BCUT2D eigenvalue weighted by molar-refractivity contribution is 9.10. The lowest BCUT2D eigenvalue weighted by molar-refractivity contribution is -0.113. The zero-order valence-electron chi connectivity index (χ0n) is 14.2. The van der Waals surface area contributed by atoms with Crippen LogP contribution in [-0.2, 0) is 4.79 Å². The number of carbonyl (C=O) groups is 2. The highest BCUT2D eigenvalue weighted by Crippen LogP contribution is 2.29. The third-order valence-corrected chi connectivity index (χ3v) is 5.08. The van der Waals surface area contributed by atoms with Gasteiger partial charge in [0.15, 0.2) is 0 Å². The van der Waals surface area contributed by atoms with Crippen molar-refractivity contribution in [3.8, 4) is 0 Å². The second-order valence-electron chi connectivity index (χ2n) is 6.04. The van der Waals surface area contributed by atoms with Gasteiger partial charge in [0.2, 0.25) is 0 Å². The number of allylic oxidation sites excluding steroid dienone is 1. The van der Waals surface area contributed by atoms with Crippen LogP contribution in [0.1, 0.15) is 24.1 Å². The average Bonchev–Trinajstić information content (AvgIpc) is 2.58. The molecule has 1 aliphatic heterocycles. The van der Waals surface area contributed by atoms with Gasteiger partial charge >= 0.3 is 6.03 Å². The number of aryl methyl sites for hydroxylation is 1. The molecular formula is C19H17BrClN3O2. The molecule has 3 N–H and O–H groups in total. The number of halogens is 2. The molecule has 0 aliphatic carbocycles. The summed E-state index contributed by atoms with van der Waals surface area (Å²) in [6.07, 6.45) is 0. The van der Waals surface area contributed by atoms with Gasteiger partial charge < -0.3 is 16.0 Å². The van der Waals surface area contributed by atoms with Gasteiger partial charge in [-0.1, -0.05) is 45.7 Å². The molecule has 1 heterocycles. The minimum atomic E-state index is -0.544. The maximum Gasteiger partial charge on any atom is 0.319 e. The molecule has 0 aromatic heterocycles. The molecule has 5 nitrogen and oxygen atoms in total. The van der Waals surface area contributed by atoms with E-state index in [0.717, 1.165) is 15.6 Å². The molecule has 2 aromatic rings. The standard InChI is InChI=1S/C19H17BrClN3O2/c1-10-3-8-14(9-15(10)21)23-18(25)16-11(2)22-19(26)24-17(16)12-4-6-13(20)7-5-12/h3-9,17H,1-2H3,(H,23,25)(H2,22,24,26)/t17-/m1/s1. The smallest absolute Gasteiger partial charge is 0.319 e. The molecular weight excluding hydrogens is 418 g/mol. The van der Waals surface area contributed by atoms with Gasteiger partial charge in [0.1, 0.15) is 0 Å². The molecule has 3 amide bonds. The highest BCUT2D eigenvalue weighted by Gasteiger charge is 2.31. The van der Waals surface area contributed by atoms with E-state index in [1.165, 1.54) is 0 Å². The predicted molar refractivity (Wildman–Crippen MR) is 106 cm³/mol. The van der Waals surface area contributed by atoms with Crippen LogP contribution < -0.4 is 16.0 Å². The van der Waals surface area contributed by atoms with Crippen LogP contribution >= 0.6 is 27.5 Å². The van der Waals surface area contributed by atoms with Crippen LogP contribution in [-0.4, -0.2) is 11.9 Å². The fourth-order valence-corrected chi connectivity index (χ4v) is 3.21. The Bertz CT molecular complexity index is 910. The molecule has 7 heteroatoms. The molecule has 0 radical (unpaired) electrons. The van der Waals surface area contributed by atoms with E-state index in [-0.39, 0.29) is 11.9 Å². The van der Waals surface area contributed by atoms with Crippen LogP contribution in [0, 0.1) is 6.92 Å². The van der Waals surface area contributed by atoms with Gasteiger partial charge in [0, 0.05) is 20.9 Å². The summed E-state index contributed by atoms with van der Waals surface area (Å²) in [5.41, 5.74) is 3.30. The van der Waals surface area contributed by atoms with E-state index in [9.17, 15) is 9.59 Å². The second kappa shape index (κ2) is 7.51. The largest absolute Gasteiger partial charge is 0.327 e. The third-order valence-electron chi connectivity index (χ3n) is 4.15. The number of urea groups is 1. The summed E-state index contributed by atoms with van der Waals surface area (Å²) in [5.74, 6) is -0.303. The molecule has 1 atom stereocenters. The molecule has 0 bridgehead atoms. The first-order valence-corrected chi connectivity index (χ1v) is 9.13. The minimum Gasteiger partial charge on any atom is -0.327 e. The molecule has 0 saturated heterocycles. The predicted octanol–water partition coefficient (Wildman–Crippen LogP) is 4.68. The molecule has 134 valence electrons. The van der Waals surface area contributed by atoms with Crippen LogP contribution in [0.25, 0.3) is 0 Å². The van der Waals surface area contributed by atoms with Gasteiger partial charge in [0.25, 0.3) is 5.91 Å². The summed E-state index contributed by atoms with van der Waals surface area (Å²) in [5, 5.41) is 8.90. The molecule has 0 spiro atoms. The number of carbonyl (C=O) groups excluding carboxylic acids is 2. The lowest BCUT2D eigenvalue weighted by Gasteiger charge is -2.28. The van der Waals surface area contributed by atoms with Crippen LogP contribution in [0.5, 0.6) is 0 Å². The van der Waals surface area contributed by atoms with Gasteiger partial charge in [-0.3, -0.25) is 4.79 Å². The van der Waals surface area contributed by atoms with Gasteiger partial charge in [0.05, 0.1) is 11.6 Å². The minimum absolute atomic E-state index is 0.303. The zero-order chi connectivity index (χ0) is 18.8. The van der Waals surface area contributed by atoms with Gasteiger partial charge in [-0.15, -0.1) is 0 Å². The summed E-state index contributed by atoms with van der Waals surface area (Å²) < 4.78 is 0.919. The molecule has 1 aliphatic rings. The molecule has 2 aromatic carbocycles. The van der Waals surface area contributed by atoms with Crippen molar-refractivity contribution in [3.63, 3.8) is 0 Å². The van der Waals surface area contributed by atoms with Crippen LogP contribution in [0.4, 0.5) is 10.5 Å². The second-order valence-corrected chi connectivity index (χ2v) is 7.36. The van der Waals surface area contributed by atoms with Crippen molar-refractivity contribution < 1.29 is 9.59 Å². The highest BCUT2D eigenvalue weighted by atomic mass is 79.9. The van der Waals surface area contributed by atoms with Gasteiger partial charge in [-0.2, -0.15) is 0 Å². The topological polar surface area (TPSA) is 70.2 Å². The quantitative estimate of drug-likeness (QED) is 0.656. The van der Waals surface area contributed by atoms with Gasteiger partial charge in [-0.05, 0) is 49.2 Å². The van der Waals surface area contributed by atoms with Crippen LogP contribution in [0.2, 0.25) is 5.02 Å². The number of hydrogen-bond acceptors (Lipinski definition) is 2. The van der Waals surface area contributed by atoms with E-state index in [0.29, 0.717) is 22.0 Å². The zero-order valence-corrected chi connectivity index (χ0v) is 16.5. The third kappa shape index (κ3) is 3.92. The van der Waals surface area contributed by atoms with E-state index in [4.69, 9.17) is 11.6 Å². The number of nitrogens with one attached hydrogen (secondary N) is 3. The van der Waals surface area contributed by atoms with E-state index >= 15 is 0 Å². The fraction of sp³-hybridized carbons (Fsp3) is 0.158. The molecule has 26 heavy (non-hydrogen) atoms. The Kier molecular flexibility index (Phi) is 5.34. The first kappa shape index (κ1) is 18.5. The Balaban J connectivity index is 1.93. The number of benzene rings is 2. The van der Waals surface area contributed by atoms with Crippen LogP contribution in [0.15, 0.2) is 58.2 Å². The fourth-order valence-electron chi connectivity index (χ4n) is 2.77. The molecule has 0 unspecified atom stereocenters. The van der Waals surface area contributed by atoms with E-state index in [1.54, 1.807) is 19.1 Å². The van der Waals surface area contributed by atoms with E-state index < -0.39 is 6.04 Å². The number of hydrogen-bond donors (Lipinski definition) is 3. The summed E-state index contributed by atoms with van der Waals surface area (Å²) >= 11 is 9.52. The molecule has 0 saturated carbocycles. The van der Waals surface area contributed by atoms with Crippen molar-refractivity contribution in [3.05, 3.63) is 74.4 Å². The van der Waals surface area contributed by atoms with Crippen molar-refractivity contribution in [1.82, 2.24) is 10.6 Å². The van der Waals surface area contributed by atoms with Crippen molar-refractivity contribution in [1.29, 1.82) is 0 Å².